The normalized spacial score (nSPS) is 12.8. The van der Waals surface area contributed by atoms with Gasteiger partial charge in [-0.05, 0) is 80.6 Å². The van der Waals surface area contributed by atoms with Gasteiger partial charge in [0.05, 0.1) is 16.4 Å². The zero-order chi connectivity index (χ0) is 29.4. The van der Waals surface area contributed by atoms with Crippen LogP contribution in [0.4, 0.5) is 4.39 Å². The number of nitrogens with zero attached hydrogens (tertiary/aromatic N) is 3. The van der Waals surface area contributed by atoms with E-state index in [0.29, 0.717) is 53.5 Å². The SMILES string of the molecule is COCC(N)=NCCCNCc1ccc(-n2cc3cc(-c4cc(CCCC(C)N)cc(Cl)c4F)[nH]c3nc2=O)cc1. The topological polar surface area (TPSA) is 136 Å². The van der Waals surface area contributed by atoms with E-state index in [-0.39, 0.29) is 11.1 Å². The van der Waals surface area contributed by atoms with Gasteiger partial charge < -0.3 is 26.5 Å². The highest BCUT2D eigenvalue weighted by Crippen LogP contribution is 2.31. The highest BCUT2D eigenvalue weighted by molar-refractivity contribution is 6.31. The van der Waals surface area contributed by atoms with Gasteiger partial charge in [0.1, 0.15) is 18.1 Å². The van der Waals surface area contributed by atoms with E-state index in [1.807, 2.05) is 31.2 Å². The van der Waals surface area contributed by atoms with Crippen molar-refractivity contribution < 1.29 is 9.13 Å². The second-order valence-corrected chi connectivity index (χ2v) is 10.6. The number of nitrogens with one attached hydrogen (secondary N) is 2. The highest BCUT2D eigenvalue weighted by Gasteiger charge is 2.15. The Bertz CT molecular complexity index is 1550. The number of amidine groups is 1. The average Bonchev–Trinajstić information content (AvgIpc) is 3.35. The summed E-state index contributed by atoms with van der Waals surface area (Å²) in [4.78, 5) is 24.4. The van der Waals surface area contributed by atoms with Crippen LogP contribution >= 0.6 is 11.6 Å². The monoisotopic (exact) mass is 581 g/mol. The van der Waals surface area contributed by atoms with Crippen molar-refractivity contribution in [2.75, 3.05) is 26.8 Å². The van der Waals surface area contributed by atoms with Gasteiger partial charge in [0.2, 0.25) is 0 Å². The maximum atomic E-state index is 15.0. The molecule has 0 fully saturated rings. The van der Waals surface area contributed by atoms with Gasteiger partial charge in [0.15, 0.2) is 5.82 Å². The van der Waals surface area contributed by atoms with Gasteiger partial charge >= 0.3 is 5.69 Å². The number of aromatic nitrogens is 3. The Kier molecular flexibility index (Phi) is 10.6. The molecule has 0 spiro atoms. The van der Waals surface area contributed by atoms with E-state index in [1.165, 1.54) is 4.57 Å². The first-order valence-corrected chi connectivity index (χ1v) is 14.1. The fourth-order valence-electron chi connectivity index (χ4n) is 4.57. The lowest BCUT2D eigenvalue weighted by atomic mass is 10.0. The highest BCUT2D eigenvalue weighted by atomic mass is 35.5. The van der Waals surface area contributed by atoms with E-state index in [2.05, 4.69) is 20.3 Å². The molecule has 0 aliphatic heterocycles. The Hall–Kier alpha value is -3.57. The van der Waals surface area contributed by atoms with E-state index in [1.54, 1.807) is 31.5 Å². The van der Waals surface area contributed by atoms with Crippen molar-refractivity contribution in [2.24, 2.45) is 16.5 Å². The van der Waals surface area contributed by atoms with Crippen molar-refractivity contribution in [3.8, 4) is 16.9 Å². The zero-order valence-corrected chi connectivity index (χ0v) is 24.2. The number of aryl methyl sites for hydroxylation is 1. The minimum absolute atomic E-state index is 0.0550. The van der Waals surface area contributed by atoms with Crippen molar-refractivity contribution in [1.29, 1.82) is 0 Å². The molecule has 11 heteroatoms. The Labute approximate surface area is 243 Å². The Morgan fingerprint density at radius 2 is 2.00 bits per heavy atom. The number of nitrogens with two attached hydrogens (primary N) is 2. The molecule has 218 valence electrons. The summed E-state index contributed by atoms with van der Waals surface area (Å²) in [6.07, 6.45) is 5.05. The van der Waals surface area contributed by atoms with Crippen molar-refractivity contribution in [2.45, 2.75) is 45.2 Å². The Morgan fingerprint density at radius 1 is 1.22 bits per heavy atom. The number of benzene rings is 2. The molecule has 0 radical (unpaired) electrons. The first-order chi connectivity index (χ1) is 19.7. The average molecular weight is 582 g/mol. The van der Waals surface area contributed by atoms with Crippen molar-refractivity contribution >= 4 is 28.5 Å². The summed E-state index contributed by atoms with van der Waals surface area (Å²) in [5.74, 6) is -0.0204. The van der Waals surface area contributed by atoms with Crippen LogP contribution < -0.4 is 22.5 Å². The fourth-order valence-corrected chi connectivity index (χ4v) is 4.81. The van der Waals surface area contributed by atoms with Crippen LogP contribution in [0.3, 0.4) is 0 Å². The van der Waals surface area contributed by atoms with Crippen molar-refractivity contribution in [1.82, 2.24) is 19.9 Å². The van der Waals surface area contributed by atoms with Crippen molar-refractivity contribution in [3.05, 3.63) is 81.1 Å². The summed E-state index contributed by atoms with van der Waals surface area (Å²) in [6.45, 7) is 4.42. The lowest BCUT2D eigenvalue weighted by Crippen LogP contribution is -2.21. The summed E-state index contributed by atoms with van der Waals surface area (Å²) in [7, 11) is 1.59. The molecule has 2 heterocycles. The number of aliphatic imine (C=N–C) groups is 1. The predicted octanol–water partition coefficient (Wildman–Crippen LogP) is 4.33. The Balaban J connectivity index is 1.45. The summed E-state index contributed by atoms with van der Waals surface area (Å²) in [5.41, 5.74) is 15.0. The first-order valence-electron chi connectivity index (χ1n) is 13.7. The number of rotatable bonds is 14. The van der Waals surface area contributed by atoms with E-state index < -0.39 is 11.5 Å². The maximum Gasteiger partial charge on any atom is 0.354 e. The van der Waals surface area contributed by atoms with Gasteiger partial charge in [0.25, 0.3) is 0 Å². The molecule has 4 rings (SSSR count). The smallest absolute Gasteiger partial charge is 0.354 e. The quantitative estimate of drug-likeness (QED) is 0.0994. The molecule has 1 unspecified atom stereocenters. The molecular weight excluding hydrogens is 545 g/mol. The standard InChI is InChI=1S/C30H37ClFN7O2/c1-19(33)5-3-6-21-13-24(28(32)25(31)14-21)26-15-22-17-39(30(40)38-29(22)37-26)23-9-7-20(8-10-23)16-35-11-4-12-36-27(34)18-41-2/h7-10,13-15,17,19,35H,3-6,11-12,16,18,33H2,1-2H3,(H2,34,36)(H,37,38,40). The van der Waals surface area contributed by atoms with Crippen LogP contribution in [-0.2, 0) is 17.7 Å². The number of fused-ring (bicyclic) bond motifs is 1. The van der Waals surface area contributed by atoms with Crippen LogP contribution in [0.25, 0.3) is 28.0 Å². The lowest BCUT2D eigenvalue weighted by molar-refractivity contribution is 0.244. The first kappa shape index (κ1) is 30.4. The van der Waals surface area contributed by atoms with Gasteiger partial charge in [0, 0.05) is 43.4 Å². The molecule has 0 saturated heterocycles. The number of halogens is 2. The van der Waals surface area contributed by atoms with E-state index in [4.69, 9.17) is 27.8 Å². The Morgan fingerprint density at radius 3 is 2.73 bits per heavy atom. The number of methoxy groups -OCH3 is 1. The third-order valence-electron chi connectivity index (χ3n) is 6.67. The van der Waals surface area contributed by atoms with Crippen molar-refractivity contribution in [3.63, 3.8) is 0 Å². The minimum atomic E-state index is -0.517. The van der Waals surface area contributed by atoms with E-state index in [0.717, 1.165) is 43.4 Å². The van der Waals surface area contributed by atoms with Gasteiger partial charge in [-0.2, -0.15) is 4.98 Å². The van der Waals surface area contributed by atoms with Gasteiger partial charge in [-0.15, -0.1) is 0 Å². The molecule has 0 aliphatic carbocycles. The van der Waals surface area contributed by atoms with E-state index >= 15 is 4.39 Å². The molecular formula is C30H37ClFN7O2. The van der Waals surface area contributed by atoms with Crippen LogP contribution in [0.5, 0.6) is 0 Å². The third kappa shape index (κ3) is 8.23. The van der Waals surface area contributed by atoms with Crippen LogP contribution in [0, 0.1) is 5.82 Å². The van der Waals surface area contributed by atoms with E-state index in [9.17, 15) is 4.79 Å². The summed E-state index contributed by atoms with van der Waals surface area (Å²) in [6, 6.07) is 13.0. The van der Waals surface area contributed by atoms with Crippen LogP contribution in [-0.4, -0.2) is 53.2 Å². The largest absolute Gasteiger partial charge is 0.386 e. The summed E-state index contributed by atoms with van der Waals surface area (Å²) < 4.78 is 21.5. The van der Waals surface area contributed by atoms with Gasteiger partial charge in [-0.1, -0.05) is 23.7 Å². The number of ether oxygens (including phenoxy) is 1. The van der Waals surface area contributed by atoms with Gasteiger partial charge in [-0.3, -0.25) is 9.56 Å². The molecule has 1 atom stereocenters. The van der Waals surface area contributed by atoms with Gasteiger partial charge in [-0.25, -0.2) is 9.18 Å². The molecule has 6 N–H and O–H groups in total. The second-order valence-electron chi connectivity index (χ2n) is 10.2. The summed E-state index contributed by atoms with van der Waals surface area (Å²) >= 11 is 6.23. The second kappa shape index (κ2) is 14.4. The predicted molar refractivity (Wildman–Crippen MR) is 163 cm³/mol. The molecule has 0 bridgehead atoms. The molecule has 2 aromatic carbocycles. The minimum Gasteiger partial charge on any atom is -0.386 e. The molecule has 0 aliphatic rings. The number of hydrogen-bond acceptors (Lipinski definition) is 6. The third-order valence-corrected chi connectivity index (χ3v) is 6.95. The molecule has 41 heavy (non-hydrogen) atoms. The number of hydrogen-bond donors (Lipinski definition) is 4. The lowest BCUT2D eigenvalue weighted by Gasteiger charge is -2.09. The molecule has 0 amide bonds. The molecule has 0 saturated carbocycles. The maximum absolute atomic E-state index is 15.0. The van der Waals surface area contributed by atoms with Crippen LogP contribution in [0.2, 0.25) is 5.02 Å². The fraction of sp³-hybridized carbons (Fsp3) is 0.367. The zero-order valence-electron chi connectivity index (χ0n) is 23.4. The molecule has 4 aromatic rings. The number of H-pyrrole nitrogens is 1. The summed E-state index contributed by atoms with van der Waals surface area (Å²) in [5, 5.41) is 4.11. The van der Waals surface area contributed by atoms with Crippen LogP contribution in [0.15, 0.2) is 58.4 Å². The molecule has 9 nitrogen and oxygen atoms in total. The molecule has 2 aromatic heterocycles. The number of aromatic amines is 1. The van der Waals surface area contributed by atoms with Crippen LogP contribution in [0.1, 0.15) is 37.3 Å².